The maximum Gasteiger partial charge on any atom is 0.222 e. The molecule has 0 radical (unpaired) electrons. The molecule has 3 heterocycles. The lowest BCUT2D eigenvalue weighted by atomic mass is 9.98. The van der Waals surface area contributed by atoms with Crippen LogP contribution in [0.25, 0.3) is 0 Å². The summed E-state index contributed by atoms with van der Waals surface area (Å²) in [6.07, 6.45) is 7.38. The normalized spacial score (nSPS) is 17.9. The largest absolute Gasteiger partial charge is 0.342 e. The van der Waals surface area contributed by atoms with Crippen LogP contribution in [-0.2, 0) is 17.6 Å². The summed E-state index contributed by atoms with van der Waals surface area (Å²) in [5.41, 5.74) is 2.24. The number of rotatable bonds is 6. The zero-order chi connectivity index (χ0) is 16.8. The van der Waals surface area contributed by atoms with Crippen LogP contribution in [0.2, 0.25) is 0 Å². The molecule has 0 spiro atoms. The van der Waals surface area contributed by atoms with Crippen LogP contribution in [0, 0.1) is 0 Å². The van der Waals surface area contributed by atoms with Crippen molar-refractivity contribution in [3.8, 4) is 0 Å². The Morgan fingerprint density at radius 2 is 2.29 bits per heavy atom. The molecule has 128 valence electrons. The Bertz CT molecular complexity index is 656. The first kappa shape index (κ1) is 17.1. The van der Waals surface area contributed by atoms with Crippen molar-refractivity contribution < 1.29 is 4.79 Å². The molecule has 1 fully saturated rings. The number of aryl methyl sites for hydroxylation is 2. The Kier molecular flexibility index (Phi) is 5.96. The maximum atomic E-state index is 12.5. The number of hydrogen-bond donors (Lipinski definition) is 0. The van der Waals surface area contributed by atoms with Gasteiger partial charge in [0.1, 0.15) is 0 Å². The van der Waals surface area contributed by atoms with E-state index in [9.17, 15) is 4.79 Å². The molecular formula is C19H25N3OS. The second-order valence-corrected chi connectivity index (χ2v) is 7.27. The number of amides is 1. The van der Waals surface area contributed by atoms with Crippen molar-refractivity contribution in [1.29, 1.82) is 0 Å². The molecule has 0 aliphatic carbocycles. The summed E-state index contributed by atoms with van der Waals surface area (Å²) in [7, 11) is 0. The standard InChI is InChI=1S/C19H25N3OS/c1-2-16-14-24-19(21-16)15-7-6-12-22(13-15)18(23)10-5-9-17-8-3-4-11-20-17/h3-4,8,11,14-15H,2,5-7,9-10,12-13H2,1H3/t15-/m0/s1. The fourth-order valence-electron chi connectivity index (χ4n) is 3.20. The molecular weight excluding hydrogens is 318 g/mol. The van der Waals surface area contributed by atoms with Crippen LogP contribution >= 0.6 is 11.3 Å². The molecule has 0 unspecified atom stereocenters. The van der Waals surface area contributed by atoms with E-state index in [1.807, 2.05) is 29.3 Å². The molecule has 3 rings (SSSR count). The Hall–Kier alpha value is -1.75. The van der Waals surface area contributed by atoms with Gasteiger partial charge in [0.15, 0.2) is 0 Å². The Balaban J connectivity index is 1.49. The number of nitrogens with zero attached hydrogens (tertiary/aromatic N) is 3. The van der Waals surface area contributed by atoms with E-state index in [1.54, 1.807) is 11.3 Å². The number of carbonyl (C=O) groups excluding carboxylic acids is 1. The molecule has 0 N–H and O–H groups in total. The van der Waals surface area contributed by atoms with E-state index in [4.69, 9.17) is 4.98 Å². The van der Waals surface area contributed by atoms with Gasteiger partial charge in [-0.05, 0) is 44.2 Å². The first-order valence-corrected chi connectivity index (χ1v) is 9.76. The minimum absolute atomic E-state index is 0.280. The first-order chi connectivity index (χ1) is 11.8. The van der Waals surface area contributed by atoms with Gasteiger partial charge in [-0.25, -0.2) is 4.98 Å². The molecule has 4 nitrogen and oxygen atoms in total. The second kappa shape index (κ2) is 8.38. The van der Waals surface area contributed by atoms with Gasteiger partial charge < -0.3 is 4.90 Å². The fourth-order valence-corrected chi connectivity index (χ4v) is 4.23. The van der Waals surface area contributed by atoms with Crippen LogP contribution in [0.5, 0.6) is 0 Å². The van der Waals surface area contributed by atoms with Gasteiger partial charge in [-0.1, -0.05) is 13.0 Å². The van der Waals surface area contributed by atoms with Crippen LogP contribution in [0.1, 0.15) is 54.9 Å². The molecule has 2 aromatic rings. The number of likely N-dealkylation sites (tertiary alicyclic amines) is 1. The fraction of sp³-hybridized carbons (Fsp3) is 0.526. The van der Waals surface area contributed by atoms with Crippen molar-refractivity contribution in [1.82, 2.24) is 14.9 Å². The van der Waals surface area contributed by atoms with Crippen LogP contribution in [0.15, 0.2) is 29.8 Å². The first-order valence-electron chi connectivity index (χ1n) is 8.88. The third kappa shape index (κ3) is 4.41. The van der Waals surface area contributed by atoms with Crippen LogP contribution in [-0.4, -0.2) is 33.9 Å². The van der Waals surface area contributed by atoms with E-state index in [0.717, 1.165) is 50.9 Å². The minimum Gasteiger partial charge on any atom is -0.342 e. The summed E-state index contributed by atoms with van der Waals surface area (Å²) in [5, 5.41) is 3.36. The quantitative estimate of drug-likeness (QED) is 0.801. The molecule has 0 bridgehead atoms. The third-order valence-electron chi connectivity index (χ3n) is 4.60. The smallest absolute Gasteiger partial charge is 0.222 e. The maximum absolute atomic E-state index is 12.5. The summed E-state index contributed by atoms with van der Waals surface area (Å²) >= 11 is 1.75. The molecule has 0 saturated carbocycles. The van der Waals surface area contributed by atoms with Gasteiger partial charge in [-0.2, -0.15) is 0 Å². The lowest BCUT2D eigenvalue weighted by Crippen LogP contribution is -2.39. The zero-order valence-electron chi connectivity index (χ0n) is 14.3. The van der Waals surface area contributed by atoms with Crippen LogP contribution < -0.4 is 0 Å². The molecule has 0 aromatic carbocycles. The van der Waals surface area contributed by atoms with Crippen molar-refractivity contribution in [2.24, 2.45) is 0 Å². The van der Waals surface area contributed by atoms with Gasteiger partial charge in [0.05, 0.1) is 10.7 Å². The van der Waals surface area contributed by atoms with Crippen molar-refractivity contribution >= 4 is 17.2 Å². The molecule has 1 saturated heterocycles. The van der Waals surface area contributed by atoms with Crippen molar-refractivity contribution in [3.05, 3.63) is 46.2 Å². The molecule has 1 atom stereocenters. The number of piperidine rings is 1. The molecule has 24 heavy (non-hydrogen) atoms. The van der Waals surface area contributed by atoms with Gasteiger partial charge in [0.25, 0.3) is 0 Å². The monoisotopic (exact) mass is 343 g/mol. The van der Waals surface area contributed by atoms with Crippen LogP contribution in [0.4, 0.5) is 0 Å². The van der Waals surface area contributed by atoms with E-state index < -0.39 is 0 Å². The summed E-state index contributed by atoms with van der Waals surface area (Å²) in [5.74, 6) is 0.701. The van der Waals surface area contributed by atoms with Crippen molar-refractivity contribution in [2.75, 3.05) is 13.1 Å². The second-order valence-electron chi connectivity index (χ2n) is 6.38. The zero-order valence-corrected chi connectivity index (χ0v) is 15.1. The molecule has 5 heteroatoms. The SMILES string of the molecule is CCc1csc([C@H]2CCCN(C(=O)CCCc3ccccn3)C2)n1. The van der Waals surface area contributed by atoms with Gasteiger partial charge in [0.2, 0.25) is 5.91 Å². The number of thiazole rings is 1. The highest BCUT2D eigenvalue weighted by Gasteiger charge is 2.26. The number of pyridine rings is 1. The Morgan fingerprint density at radius 1 is 1.38 bits per heavy atom. The average molecular weight is 343 g/mol. The topological polar surface area (TPSA) is 46.1 Å². The molecule has 2 aromatic heterocycles. The van der Waals surface area contributed by atoms with Gasteiger partial charge >= 0.3 is 0 Å². The minimum atomic E-state index is 0.280. The number of carbonyl (C=O) groups is 1. The predicted molar refractivity (Wildman–Crippen MR) is 97.2 cm³/mol. The van der Waals surface area contributed by atoms with Gasteiger partial charge in [0, 0.05) is 42.7 Å². The van der Waals surface area contributed by atoms with Crippen LogP contribution in [0.3, 0.4) is 0 Å². The van der Waals surface area contributed by atoms with E-state index in [-0.39, 0.29) is 5.91 Å². The average Bonchev–Trinajstić information content (AvgIpc) is 3.12. The Labute approximate surface area is 147 Å². The van der Waals surface area contributed by atoms with E-state index >= 15 is 0 Å². The number of hydrogen-bond acceptors (Lipinski definition) is 4. The molecule has 1 amide bonds. The van der Waals surface area contributed by atoms with E-state index in [0.29, 0.717) is 12.3 Å². The van der Waals surface area contributed by atoms with Gasteiger partial charge in [-0.3, -0.25) is 9.78 Å². The van der Waals surface area contributed by atoms with Gasteiger partial charge in [-0.15, -0.1) is 11.3 Å². The van der Waals surface area contributed by atoms with E-state index in [2.05, 4.69) is 17.3 Å². The highest BCUT2D eigenvalue weighted by molar-refractivity contribution is 7.09. The number of aromatic nitrogens is 2. The van der Waals surface area contributed by atoms with Crippen molar-refractivity contribution in [2.45, 2.75) is 51.4 Å². The lowest BCUT2D eigenvalue weighted by molar-refractivity contribution is -0.132. The van der Waals surface area contributed by atoms with Crippen molar-refractivity contribution in [3.63, 3.8) is 0 Å². The highest BCUT2D eigenvalue weighted by Crippen LogP contribution is 2.29. The summed E-state index contributed by atoms with van der Waals surface area (Å²) in [6.45, 7) is 3.86. The predicted octanol–water partition coefficient (Wildman–Crippen LogP) is 3.83. The lowest BCUT2D eigenvalue weighted by Gasteiger charge is -2.32. The molecule has 1 aliphatic heterocycles. The highest BCUT2D eigenvalue weighted by atomic mass is 32.1. The summed E-state index contributed by atoms with van der Waals surface area (Å²) in [6, 6.07) is 5.94. The molecule has 1 aliphatic rings. The van der Waals surface area contributed by atoms with E-state index in [1.165, 1.54) is 10.7 Å². The third-order valence-corrected chi connectivity index (χ3v) is 5.66. The summed E-state index contributed by atoms with van der Waals surface area (Å²) < 4.78 is 0. The Morgan fingerprint density at radius 3 is 3.04 bits per heavy atom. The summed E-state index contributed by atoms with van der Waals surface area (Å²) in [4.78, 5) is 23.6.